The summed E-state index contributed by atoms with van der Waals surface area (Å²) >= 11 is 5.78. The number of benzene rings is 1. The lowest BCUT2D eigenvalue weighted by atomic mass is 10.2. The van der Waals surface area contributed by atoms with Crippen LogP contribution >= 0.6 is 11.6 Å². The molecule has 0 atom stereocenters. The molecule has 1 aromatic rings. The lowest BCUT2D eigenvalue weighted by Crippen LogP contribution is -2.43. The number of hydrogen-bond donors (Lipinski definition) is 1. The van der Waals surface area contributed by atoms with E-state index in [1.54, 1.807) is 6.92 Å². The number of carbonyl (C=O) groups is 1. The first-order chi connectivity index (χ1) is 10.4. The van der Waals surface area contributed by atoms with Crippen LogP contribution in [0, 0.1) is 0 Å². The molecule has 2 rings (SSSR count). The second-order valence-corrected chi connectivity index (χ2v) is 7.81. The lowest BCUT2D eigenvalue weighted by molar-refractivity contribution is -0.121. The van der Waals surface area contributed by atoms with Crippen LogP contribution in [-0.2, 0) is 14.8 Å². The first kappa shape index (κ1) is 17.2. The quantitative estimate of drug-likeness (QED) is 0.861. The number of hydrogen-bond acceptors (Lipinski definition) is 3. The molecule has 1 aliphatic rings. The highest BCUT2D eigenvalue weighted by Crippen LogP contribution is 2.19. The number of likely N-dealkylation sites (N-methyl/N-ethyl adjacent to an activating group) is 1. The Morgan fingerprint density at radius 1 is 1.27 bits per heavy atom. The Labute approximate surface area is 136 Å². The first-order valence-corrected chi connectivity index (χ1v) is 9.30. The number of sulfonamides is 1. The summed E-state index contributed by atoms with van der Waals surface area (Å²) in [7, 11) is -3.68. The number of amides is 1. The fourth-order valence-corrected chi connectivity index (χ4v) is 4.16. The SMILES string of the molecule is CCN(CC(=O)NC1CCCC1)S(=O)(=O)c1ccc(Cl)cc1. The second kappa shape index (κ2) is 7.44. The van der Waals surface area contributed by atoms with E-state index in [9.17, 15) is 13.2 Å². The van der Waals surface area contributed by atoms with Gasteiger partial charge in [0.15, 0.2) is 0 Å². The molecule has 0 aromatic heterocycles. The van der Waals surface area contributed by atoms with Gasteiger partial charge < -0.3 is 5.32 Å². The van der Waals surface area contributed by atoms with E-state index in [0.717, 1.165) is 25.7 Å². The Kier molecular flexibility index (Phi) is 5.83. The summed E-state index contributed by atoms with van der Waals surface area (Å²) in [6.45, 7) is 1.80. The summed E-state index contributed by atoms with van der Waals surface area (Å²) in [6, 6.07) is 6.15. The van der Waals surface area contributed by atoms with Crippen molar-refractivity contribution in [2.45, 2.75) is 43.5 Å². The molecule has 0 aliphatic heterocycles. The molecule has 1 fully saturated rings. The second-order valence-electron chi connectivity index (χ2n) is 5.43. The molecule has 0 saturated heterocycles. The highest BCUT2D eigenvalue weighted by Gasteiger charge is 2.26. The Hall–Kier alpha value is -1.11. The average Bonchev–Trinajstić information content (AvgIpc) is 2.98. The van der Waals surface area contributed by atoms with E-state index in [4.69, 9.17) is 11.6 Å². The van der Waals surface area contributed by atoms with Crippen LogP contribution < -0.4 is 5.32 Å². The minimum absolute atomic E-state index is 0.146. The molecule has 7 heteroatoms. The largest absolute Gasteiger partial charge is 0.352 e. The molecule has 0 spiro atoms. The van der Waals surface area contributed by atoms with Gasteiger partial charge in [-0.25, -0.2) is 8.42 Å². The molecule has 0 bridgehead atoms. The zero-order valence-corrected chi connectivity index (χ0v) is 14.2. The van der Waals surface area contributed by atoms with Gasteiger partial charge in [-0.1, -0.05) is 31.4 Å². The van der Waals surface area contributed by atoms with Crippen molar-refractivity contribution in [3.63, 3.8) is 0 Å². The molecule has 0 radical (unpaired) electrons. The topological polar surface area (TPSA) is 66.5 Å². The molecular formula is C15H21ClN2O3S. The van der Waals surface area contributed by atoms with E-state index in [0.29, 0.717) is 5.02 Å². The minimum atomic E-state index is -3.68. The first-order valence-electron chi connectivity index (χ1n) is 7.48. The third-order valence-electron chi connectivity index (χ3n) is 3.84. The van der Waals surface area contributed by atoms with Gasteiger partial charge in [0.1, 0.15) is 0 Å². The zero-order chi connectivity index (χ0) is 16.2. The van der Waals surface area contributed by atoms with Crippen LogP contribution in [0.4, 0.5) is 0 Å². The average molecular weight is 345 g/mol. The van der Waals surface area contributed by atoms with Gasteiger partial charge in [0.05, 0.1) is 11.4 Å². The van der Waals surface area contributed by atoms with E-state index in [1.165, 1.54) is 28.6 Å². The standard InChI is InChI=1S/C15H21ClN2O3S/c1-2-18(11-15(19)17-13-5-3-4-6-13)22(20,21)14-9-7-12(16)8-10-14/h7-10,13H,2-6,11H2,1H3,(H,17,19). The van der Waals surface area contributed by atoms with Gasteiger partial charge in [-0.15, -0.1) is 0 Å². The van der Waals surface area contributed by atoms with Crippen molar-refractivity contribution in [3.8, 4) is 0 Å². The number of nitrogens with one attached hydrogen (secondary N) is 1. The van der Waals surface area contributed by atoms with E-state index >= 15 is 0 Å². The Morgan fingerprint density at radius 3 is 2.41 bits per heavy atom. The summed E-state index contributed by atoms with van der Waals surface area (Å²) < 4.78 is 26.3. The third-order valence-corrected chi connectivity index (χ3v) is 6.03. The van der Waals surface area contributed by atoms with Gasteiger partial charge in [0.25, 0.3) is 0 Å². The van der Waals surface area contributed by atoms with E-state index in [-0.39, 0.29) is 29.9 Å². The zero-order valence-electron chi connectivity index (χ0n) is 12.6. The Morgan fingerprint density at radius 2 is 1.86 bits per heavy atom. The minimum Gasteiger partial charge on any atom is -0.352 e. The maximum absolute atomic E-state index is 12.6. The molecule has 1 amide bonds. The molecule has 22 heavy (non-hydrogen) atoms. The molecule has 1 saturated carbocycles. The summed E-state index contributed by atoms with van der Waals surface area (Å²) in [4.78, 5) is 12.2. The van der Waals surface area contributed by atoms with Gasteiger partial charge in [0, 0.05) is 17.6 Å². The van der Waals surface area contributed by atoms with Crippen LogP contribution in [0.5, 0.6) is 0 Å². The third kappa shape index (κ3) is 4.21. The predicted octanol–water partition coefficient (Wildman–Crippen LogP) is 2.41. The van der Waals surface area contributed by atoms with Crippen molar-refractivity contribution in [2.24, 2.45) is 0 Å². The van der Waals surface area contributed by atoms with Gasteiger partial charge in [-0.2, -0.15) is 4.31 Å². The van der Waals surface area contributed by atoms with Crippen molar-refractivity contribution >= 4 is 27.5 Å². The van der Waals surface area contributed by atoms with Crippen molar-refractivity contribution in [1.29, 1.82) is 0 Å². The van der Waals surface area contributed by atoms with E-state index in [2.05, 4.69) is 5.32 Å². The highest BCUT2D eigenvalue weighted by atomic mass is 35.5. The van der Waals surface area contributed by atoms with Crippen LogP contribution in [0.25, 0.3) is 0 Å². The van der Waals surface area contributed by atoms with Gasteiger partial charge in [-0.05, 0) is 37.1 Å². The van der Waals surface area contributed by atoms with Gasteiger partial charge in [-0.3, -0.25) is 4.79 Å². The maximum Gasteiger partial charge on any atom is 0.243 e. The molecule has 122 valence electrons. The smallest absolute Gasteiger partial charge is 0.243 e. The molecule has 5 nitrogen and oxygen atoms in total. The van der Waals surface area contributed by atoms with Gasteiger partial charge >= 0.3 is 0 Å². The number of nitrogens with zero attached hydrogens (tertiary/aromatic N) is 1. The summed E-state index contributed by atoms with van der Waals surface area (Å²) in [5.41, 5.74) is 0. The van der Waals surface area contributed by atoms with Crippen molar-refractivity contribution < 1.29 is 13.2 Å². The molecule has 1 N–H and O–H groups in total. The molecule has 1 aromatic carbocycles. The van der Waals surface area contributed by atoms with E-state index in [1.807, 2.05) is 0 Å². The van der Waals surface area contributed by atoms with Crippen LogP contribution in [0.3, 0.4) is 0 Å². The number of halogens is 1. The highest BCUT2D eigenvalue weighted by molar-refractivity contribution is 7.89. The van der Waals surface area contributed by atoms with Crippen molar-refractivity contribution in [1.82, 2.24) is 9.62 Å². The normalized spacial score (nSPS) is 16.1. The molecular weight excluding hydrogens is 324 g/mol. The van der Waals surface area contributed by atoms with E-state index < -0.39 is 10.0 Å². The molecule has 1 aliphatic carbocycles. The summed E-state index contributed by atoms with van der Waals surface area (Å²) in [5, 5.41) is 3.38. The van der Waals surface area contributed by atoms with Crippen LogP contribution in [0.2, 0.25) is 5.02 Å². The fourth-order valence-electron chi connectivity index (χ4n) is 2.63. The fraction of sp³-hybridized carbons (Fsp3) is 0.533. The Balaban J connectivity index is 2.05. The van der Waals surface area contributed by atoms with Gasteiger partial charge in [0.2, 0.25) is 15.9 Å². The van der Waals surface area contributed by atoms with Crippen molar-refractivity contribution in [3.05, 3.63) is 29.3 Å². The summed E-state index contributed by atoms with van der Waals surface area (Å²) in [6.07, 6.45) is 4.18. The van der Waals surface area contributed by atoms with Crippen LogP contribution in [0.1, 0.15) is 32.6 Å². The van der Waals surface area contributed by atoms with Crippen LogP contribution in [-0.4, -0.2) is 37.8 Å². The molecule has 0 heterocycles. The molecule has 0 unspecified atom stereocenters. The Bertz CT molecular complexity index is 610. The summed E-state index contributed by atoms with van der Waals surface area (Å²) in [5.74, 6) is -0.244. The number of rotatable bonds is 6. The maximum atomic E-state index is 12.6. The lowest BCUT2D eigenvalue weighted by Gasteiger charge is -2.21. The number of carbonyl (C=O) groups excluding carboxylic acids is 1. The van der Waals surface area contributed by atoms with Crippen LogP contribution in [0.15, 0.2) is 29.2 Å². The predicted molar refractivity (Wildman–Crippen MR) is 86.3 cm³/mol. The van der Waals surface area contributed by atoms with Crippen molar-refractivity contribution in [2.75, 3.05) is 13.1 Å². The monoisotopic (exact) mass is 344 g/mol.